The van der Waals surface area contributed by atoms with Crippen LogP contribution < -0.4 is 5.32 Å². The van der Waals surface area contributed by atoms with Crippen LogP contribution in [0.3, 0.4) is 0 Å². The summed E-state index contributed by atoms with van der Waals surface area (Å²) >= 11 is 0. The van der Waals surface area contributed by atoms with Crippen molar-refractivity contribution in [2.75, 3.05) is 12.4 Å². The predicted octanol–water partition coefficient (Wildman–Crippen LogP) is 2.43. The first kappa shape index (κ1) is 13.1. The molecule has 100 valence electrons. The lowest BCUT2D eigenvalue weighted by Crippen LogP contribution is -2.05. The Balaban J connectivity index is 2.12. The van der Waals surface area contributed by atoms with Crippen molar-refractivity contribution in [3.05, 3.63) is 47.0 Å². The number of methoxy groups -OCH3 is 1. The molecule has 0 aliphatic heterocycles. The number of nitrogens with zero attached hydrogens (tertiary/aromatic N) is 1. The van der Waals surface area contributed by atoms with Crippen LogP contribution in [0.2, 0.25) is 0 Å². The van der Waals surface area contributed by atoms with Gasteiger partial charge in [0, 0.05) is 5.69 Å². The number of hydrogen-bond acceptors (Lipinski definition) is 4. The third-order valence-electron chi connectivity index (χ3n) is 2.88. The van der Waals surface area contributed by atoms with Crippen LogP contribution in [0.1, 0.15) is 27.4 Å². The SMILES string of the molecule is COC(=O)c1ccc(C)c(NCc2cnc(C)[nH]2)c1. The Morgan fingerprint density at radius 2 is 2.21 bits per heavy atom. The third-order valence-corrected chi connectivity index (χ3v) is 2.88. The van der Waals surface area contributed by atoms with Crippen LogP contribution in [-0.2, 0) is 11.3 Å². The van der Waals surface area contributed by atoms with Gasteiger partial charge in [0.15, 0.2) is 0 Å². The van der Waals surface area contributed by atoms with E-state index in [9.17, 15) is 4.79 Å². The van der Waals surface area contributed by atoms with Crippen molar-refractivity contribution in [1.82, 2.24) is 9.97 Å². The molecule has 0 spiro atoms. The van der Waals surface area contributed by atoms with Gasteiger partial charge in [-0.25, -0.2) is 9.78 Å². The molecule has 19 heavy (non-hydrogen) atoms. The fourth-order valence-corrected chi connectivity index (χ4v) is 1.81. The van der Waals surface area contributed by atoms with Gasteiger partial charge in [0.2, 0.25) is 0 Å². The minimum Gasteiger partial charge on any atom is -0.465 e. The molecule has 2 aromatic rings. The van der Waals surface area contributed by atoms with E-state index in [2.05, 4.69) is 15.3 Å². The maximum Gasteiger partial charge on any atom is 0.337 e. The van der Waals surface area contributed by atoms with Crippen LogP contribution in [0.15, 0.2) is 24.4 Å². The van der Waals surface area contributed by atoms with Gasteiger partial charge in [-0.2, -0.15) is 0 Å². The zero-order valence-corrected chi connectivity index (χ0v) is 11.3. The van der Waals surface area contributed by atoms with Crippen molar-refractivity contribution in [2.45, 2.75) is 20.4 Å². The van der Waals surface area contributed by atoms with Gasteiger partial charge in [-0.15, -0.1) is 0 Å². The van der Waals surface area contributed by atoms with Crippen molar-refractivity contribution < 1.29 is 9.53 Å². The standard InChI is InChI=1S/C14H17N3O2/c1-9-4-5-11(14(18)19-3)6-13(9)16-8-12-7-15-10(2)17-12/h4-7,16H,8H2,1-3H3,(H,15,17). The highest BCUT2D eigenvalue weighted by atomic mass is 16.5. The lowest BCUT2D eigenvalue weighted by molar-refractivity contribution is 0.0601. The van der Waals surface area contributed by atoms with E-state index in [1.807, 2.05) is 19.9 Å². The molecule has 0 fully saturated rings. The molecular weight excluding hydrogens is 242 g/mol. The zero-order chi connectivity index (χ0) is 13.8. The Kier molecular flexibility index (Phi) is 3.85. The second kappa shape index (κ2) is 5.56. The normalized spacial score (nSPS) is 10.3. The molecule has 1 heterocycles. The van der Waals surface area contributed by atoms with E-state index in [0.29, 0.717) is 12.1 Å². The van der Waals surface area contributed by atoms with Gasteiger partial charge in [0.25, 0.3) is 0 Å². The van der Waals surface area contributed by atoms with Crippen LogP contribution >= 0.6 is 0 Å². The number of hydrogen-bond donors (Lipinski definition) is 2. The highest BCUT2D eigenvalue weighted by Gasteiger charge is 2.08. The van der Waals surface area contributed by atoms with E-state index in [1.54, 1.807) is 18.3 Å². The highest BCUT2D eigenvalue weighted by Crippen LogP contribution is 2.18. The molecule has 1 aromatic heterocycles. The maximum atomic E-state index is 11.5. The number of benzene rings is 1. The van der Waals surface area contributed by atoms with Gasteiger partial charge in [0.05, 0.1) is 31.1 Å². The summed E-state index contributed by atoms with van der Waals surface area (Å²) in [6, 6.07) is 5.45. The van der Waals surface area contributed by atoms with Crippen LogP contribution in [0.4, 0.5) is 5.69 Å². The number of nitrogens with one attached hydrogen (secondary N) is 2. The van der Waals surface area contributed by atoms with Gasteiger partial charge in [-0.1, -0.05) is 6.07 Å². The van der Waals surface area contributed by atoms with E-state index >= 15 is 0 Å². The summed E-state index contributed by atoms with van der Waals surface area (Å²) in [5, 5.41) is 3.28. The average Bonchev–Trinajstić information content (AvgIpc) is 2.82. The van der Waals surface area contributed by atoms with Crippen LogP contribution in [-0.4, -0.2) is 23.0 Å². The fourth-order valence-electron chi connectivity index (χ4n) is 1.81. The summed E-state index contributed by atoms with van der Waals surface area (Å²) in [6.07, 6.45) is 1.79. The summed E-state index contributed by atoms with van der Waals surface area (Å²) in [5.74, 6) is 0.553. The molecular formula is C14H17N3O2. The lowest BCUT2D eigenvalue weighted by atomic mass is 10.1. The van der Waals surface area contributed by atoms with E-state index in [0.717, 1.165) is 22.8 Å². The van der Waals surface area contributed by atoms with E-state index in [-0.39, 0.29) is 5.97 Å². The maximum absolute atomic E-state index is 11.5. The van der Waals surface area contributed by atoms with Crippen molar-refractivity contribution in [3.8, 4) is 0 Å². The molecule has 0 aliphatic carbocycles. The smallest absolute Gasteiger partial charge is 0.337 e. The number of aromatic nitrogens is 2. The molecule has 0 atom stereocenters. The quantitative estimate of drug-likeness (QED) is 0.827. The minimum absolute atomic E-state index is 0.333. The van der Waals surface area contributed by atoms with Crippen molar-refractivity contribution in [2.24, 2.45) is 0 Å². The molecule has 1 aromatic carbocycles. The Morgan fingerprint density at radius 3 is 2.84 bits per heavy atom. The summed E-state index contributed by atoms with van der Waals surface area (Å²) in [4.78, 5) is 18.8. The molecule has 0 unspecified atom stereocenters. The number of aromatic amines is 1. The van der Waals surface area contributed by atoms with Gasteiger partial charge < -0.3 is 15.0 Å². The Morgan fingerprint density at radius 1 is 1.42 bits per heavy atom. The number of imidazole rings is 1. The van der Waals surface area contributed by atoms with Gasteiger partial charge in [-0.3, -0.25) is 0 Å². The summed E-state index contributed by atoms with van der Waals surface area (Å²) in [7, 11) is 1.38. The van der Waals surface area contributed by atoms with Gasteiger partial charge >= 0.3 is 5.97 Å². The number of H-pyrrole nitrogens is 1. The van der Waals surface area contributed by atoms with Crippen molar-refractivity contribution >= 4 is 11.7 Å². The number of ether oxygens (including phenoxy) is 1. The Bertz CT molecular complexity index is 590. The monoisotopic (exact) mass is 259 g/mol. The van der Waals surface area contributed by atoms with Crippen molar-refractivity contribution in [1.29, 1.82) is 0 Å². The summed E-state index contributed by atoms with van der Waals surface area (Å²) in [6.45, 7) is 4.53. The Labute approximate surface area is 112 Å². The predicted molar refractivity (Wildman–Crippen MR) is 73.2 cm³/mol. The largest absolute Gasteiger partial charge is 0.465 e. The minimum atomic E-state index is -0.333. The number of carbonyl (C=O) groups is 1. The molecule has 2 N–H and O–H groups in total. The van der Waals surface area contributed by atoms with E-state index in [1.165, 1.54) is 7.11 Å². The lowest BCUT2D eigenvalue weighted by Gasteiger charge is -2.10. The molecule has 5 nitrogen and oxygen atoms in total. The first-order valence-electron chi connectivity index (χ1n) is 6.03. The number of carbonyl (C=O) groups excluding carboxylic acids is 1. The third kappa shape index (κ3) is 3.13. The summed E-state index contributed by atoms with van der Waals surface area (Å²) in [5.41, 5.74) is 3.52. The average molecular weight is 259 g/mol. The first-order valence-corrected chi connectivity index (χ1v) is 6.03. The fraction of sp³-hybridized carbons (Fsp3) is 0.286. The van der Waals surface area contributed by atoms with Crippen LogP contribution in [0, 0.1) is 13.8 Å². The highest BCUT2D eigenvalue weighted by molar-refractivity contribution is 5.90. The van der Waals surface area contributed by atoms with Crippen LogP contribution in [0.25, 0.3) is 0 Å². The number of esters is 1. The summed E-state index contributed by atoms with van der Waals surface area (Å²) < 4.78 is 4.71. The Hall–Kier alpha value is -2.30. The second-order valence-electron chi connectivity index (χ2n) is 4.37. The molecule has 0 saturated carbocycles. The topological polar surface area (TPSA) is 67.0 Å². The number of rotatable bonds is 4. The molecule has 0 aliphatic rings. The van der Waals surface area contributed by atoms with Gasteiger partial charge in [0.1, 0.15) is 5.82 Å². The molecule has 0 radical (unpaired) electrons. The zero-order valence-electron chi connectivity index (χ0n) is 11.3. The molecule has 0 bridgehead atoms. The molecule has 0 amide bonds. The first-order chi connectivity index (χ1) is 9.10. The number of aryl methyl sites for hydroxylation is 2. The molecule has 5 heteroatoms. The van der Waals surface area contributed by atoms with Crippen LogP contribution in [0.5, 0.6) is 0 Å². The second-order valence-corrected chi connectivity index (χ2v) is 4.37. The molecule has 2 rings (SSSR count). The van der Waals surface area contributed by atoms with Crippen molar-refractivity contribution in [3.63, 3.8) is 0 Å². The number of anilines is 1. The van der Waals surface area contributed by atoms with E-state index in [4.69, 9.17) is 4.74 Å². The molecule has 0 saturated heterocycles. The van der Waals surface area contributed by atoms with E-state index < -0.39 is 0 Å². The van der Waals surface area contributed by atoms with Gasteiger partial charge in [-0.05, 0) is 31.5 Å².